The molecule has 0 radical (unpaired) electrons. The number of para-hydroxylation sites is 1. The zero-order valence-corrected chi connectivity index (χ0v) is 15.0. The lowest BCUT2D eigenvalue weighted by molar-refractivity contribution is -0.145. The van der Waals surface area contributed by atoms with E-state index in [9.17, 15) is 14.4 Å². The number of carbonyl (C=O) groups is 1. The van der Waals surface area contributed by atoms with Gasteiger partial charge in [0.1, 0.15) is 18.8 Å². The van der Waals surface area contributed by atoms with E-state index in [2.05, 4.69) is 9.97 Å². The van der Waals surface area contributed by atoms with Gasteiger partial charge < -0.3 is 4.74 Å². The van der Waals surface area contributed by atoms with Gasteiger partial charge in [0.25, 0.3) is 11.1 Å². The molecular weight excluding hydrogens is 360 g/mol. The van der Waals surface area contributed by atoms with Crippen molar-refractivity contribution in [3.05, 3.63) is 87.0 Å². The second-order valence-corrected chi connectivity index (χ2v) is 6.38. The van der Waals surface area contributed by atoms with Gasteiger partial charge in [0.2, 0.25) is 0 Å². The minimum atomic E-state index is -0.620. The molecule has 0 N–H and O–H groups in total. The molecule has 0 fully saturated rings. The lowest BCUT2D eigenvalue weighted by Crippen LogP contribution is -2.26. The summed E-state index contributed by atoms with van der Waals surface area (Å²) < 4.78 is 7.81. The van der Waals surface area contributed by atoms with Crippen LogP contribution in [0.2, 0.25) is 0 Å². The van der Waals surface area contributed by atoms with Crippen LogP contribution in [-0.2, 0) is 22.7 Å². The summed E-state index contributed by atoms with van der Waals surface area (Å²) in [4.78, 5) is 45.2. The van der Waals surface area contributed by atoms with Gasteiger partial charge in [-0.3, -0.25) is 23.4 Å². The van der Waals surface area contributed by atoms with Crippen LogP contribution in [0, 0.1) is 6.92 Å². The van der Waals surface area contributed by atoms with Crippen LogP contribution < -0.4 is 11.1 Å². The van der Waals surface area contributed by atoms with Crippen molar-refractivity contribution in [2.45, 2.75) is 20.1 Å². The van der Waals surface area contributed by atoms with Crippen LogP contribution in [0.15, 0.2) is 64.6 Å². The molecule has 28 heavy (non-hydrogen) atoms. The average Bonchev–Trinajstić information content (AvgIpc) is 2.69. The molecule has 8 nitrogen and oxygen atoms in total. The normalized spacial score (nSPS) is 11.0. The summed E-state index contributed by atoms with van der Waals surface area (Å²) in [6.07, 6.45) is 3.01. The Hall–Kier alpha value is -3.81. The van der Waals surface area contributed by atoms with E-state index in [0.29, 0.717) is 22.2 Å². The number of aryl methyl sites for hydroxylation is 1. The van der Waals surface area contributed by atoms with Crippen molar-refractivity contribution in [1.29, 1.82) is 0 Å². The van der Waals surface area contributed by atoms with Crippen LogP contribution in [0.1, 0.15) is 11.3 Å². The molecule has 1 aromatic carbocycles. The fourth-order valence-corrected chi connectivity index (χ4v) is 2.89. The largest absolute Gasteiger partial charge is 0.458 e. The van der Waals surface area contributed by atoms with E-state index in [0.717, 1.165) is 5.56 Å². The Morgan fingerprint density at radius 1 is 1.14 bits per heavy atom. The molecule has 0 aliphatic heterocycles. The van der Waals surface area contributed by atoms with E-state index < -0.39 is 5.97 Å². The maximum absolute atomic E-state index is 12.4. The number of ether oxygens (including phenoxy) is 1. The number of aromatic nitrogens is 4. The third-order valence-corrected chi connectivity index (χ3v) is 4.27. The van der Waals surface area contributed by atoms with Crippen molar-refractivity contribution < 1.29 is 9.53 Å². The zero-order valence-electron chi connectivity index (χ0n) is 15.0. The predicted octanol–water partition coefficient (Wildman–Crippen LogP) is 1.46. The molecular formula is C20H16N4O4. The van der Waals surface area contributed by atoms with E-state index in [1.807, 2.05) is 13.0 Å². The summed E-state index contributed by atoms with van der Waals surface area (Å²) in [6, 6.07) is 11.8. The summed E-state index contributed by atoms with van der Waals surface area (Å²) in [7, 11) is 0. The SMILES string of the molecule is Cc1ccc2nc(COC(=O)Cn3cnc4ccccc4c3=O)cc(=O)n2c1. The van der Waals surface area contributed by atoms with Crippen LogP contribution in [0.4, 0.5) is 0 Å². The number of nitrogens with zero attached hydrogens (tertiary/aromatic N) is 4. The molecule has 4 rings (SSSR count). The molecule has 0 saturated carbocycles. The molecule has 0 aliphatic carbocycles. The molecule has 0 bridgehead atoms. The van der Waals surface area contributed by atoms with Crippen LogP contribution in [0.3, 0.4) is 0 Å². The molecule has 4 aromatic rings. The van der Waals surface area contributed by atoms with E-state index in [1.54, 1.807) is 36.5 Å². The predicted molar refractivity (Wildman–Crippen MR) is 102 cm³/mol. The quantitative estimate of drug-likeness (QED) is 0.501. The molecule has 0 unspecified atom stereocenters. The average molecular weight is 376 g/mol. The summed E-state index contributed by atoms with van der Waals surface area (Å²) >= 11 is 0. The third-order valence-electron chi connectivity index (χ3n) is 4.27. The molecule has 0 saturated heterocycles. The lowest BCUT2D eigenvalue weighted by atomic mass is 10.2. The molecule has 0 spiro atoms. The smallest absolute Gasteiger partial charge is 0.326 e. The monoisotopic (exact) mass is 376 g/mol. The fraction of sp³-hybridized carbons (Fsp3) is 0.150. The van der Waals surface area contributed by atoms with Gasteiger partial charge in [-0.25, -0.2) is 9.97 Å². The van der Waals surface area contributed by atoms with Gasteiger partial charge in [-0.1, -0.05) is 18.2 Å². The van der Waals surface area contributed by atoms with E-state index in [1.165, 1.54) is 21.4 Å². The van der Waals surface area contributed by atoms with Gasteiger partial charge in [-0.15, -0.1) is 0 Å². The number of fused-ring (bicyclic) bond motifs is 2. The highest BCUT2D eigenvalue weighted by molar-refractivity contribution is 5.77. The first-order chi connectivity index (χ1) is 13.5. The Labute approximate surface area is 158 Å². The summed E-state index contributed by atoms with van der Waals surface area (Å²) in [5, 5.41) is 0.428. The number of carbonyl (C=O) groups excluding carboxylic acids is 1. The zero-order chi connectivity index (χ0) is 19.7. The summed E-state index contributed by atoms with van der Waals surface area (Å²) in [5.41, 5.74) is 1.73. The first-order valence-electron chi connectivity index (χ1n) is 8.60. The van der Waals surface area contributed by atoms with Crippen LogP contribution in [0.5, 0.6) is 0 Å². The van der Waals surface area contributed by atoms with Gasteiger partial charge in [-0.05, 0) is 30.7 Å². The Morgan fingerprint density at radius 3 is 2.82 bits per heavy atom. The minimum Gasteiger partial charge on any atom is -0.458 e. The summed E-state index contributed by atoms with van der Waals surface area (Å²) in [6.45, 7) is 1.45. The Balaban J connectivity index is 1.50. The van der Waals surface area contributed by atoms with Gasteiger partial charge in [0.05, 0.1) is 22.9 Å². The molecule has 3 heterocycles. The molecule has 0 amide bonds. The number of hydrogen-bond acceptors (Lipinski definition) is 6. The second kappa shape index (κ2) is 7.07. The van der Waals surface area contributed by atoms with E-state index in [-0.39, 0.29) is 24.3 Å². The maximum Gasteiger partial charge on any atom is 0.326 e. The fourth-order valence-electron chi connectivity index (χ4n) is 2.89. The van der Waals surface area contributed by atoms with Gasteiger partial charge in [0, 0.05) is 12.3 Å². The molecule has 8 heteroatoms. The van der Waals surface area contributed by atoms with Crippen molar-refractivity contribution >= 4 is 22.5 Å². The van der Waals surface area contributed by atoms with Gasteiger partial charge in [-0.2, -0.15) is 0 Å². The van der Waals surface area contributed by atoms with Crippen molar-refractivity contribution in [2.75, 3.05) is 0 Å². The number of pyridine rings is 1. The topological polar surface area (TPSA) is 95.6 Å². The first kappa shape index (κ1) is 17.6. The third kappa shape index (κ3) is 3.39. The summed E-state index contributed by atoms with van der Waals surface area (Å²) in [5.74, 6) is -0.620. The highest BCUT2D eigenvalue weighted by Gasteiger charge is 2.10. The van der Waals surface area contributed by atoms with Crippen molar-refractivity contribution in [2.24, 2.45) is 0 Å². The number of hydrogen-bond donors (Lipinski definition) is 0. The maximum atomic E-state index is 12.4. The minimum absolute atomic E-state index is 0.159. The van der Waals surface area contributed by atoms with E-state index in [4.69, 9.17) is 4.74 Å². The standard InChI is InChI=1S/C20H16N4O4/c1-13-6-7-17-22-14(8-18(25)24(17)9-13)11-28-19(26)10-23-12-21-16-5-3-2-4-15(16)20(23)27/h2-9,12H,10-11H2,1H3. The van der Waals surface area contributed by atoms with Crippen LogP contribution in [-0.4, -0.2) is 24.9 Å². The van der Waals surface area contributed by atoms with Gasteiger partial charge >= 0.3 is 5.97 Å². The molecule has 0 atom stereocenters. The van der Waals surface area contributed by atoms with Crippen molar-refractivity contribution in [3.63, 3.8) is 0 Å². The second-order valence-electron chi connectivity index (χ2n) is 6.38. The highest BCUT2D eigenvalue weighted by Crippen LogP contribution is 2.06. The lowest BCUT2D eigenvalue weighted by Gasteiger charge is -2.08. The molecule has 0 aliphatic rings. The molecule has 3 aromatic heterocycles. The number of rotatable bonds is 4. The van der Waals surface area contributed by atoms with E-state index >= 15 is 0 Å². The Morgan fingerprint density at radius 2 is 1.96 bits per heavy atom. The Bertz CT molecular complexity index is 1320. The van der Waals surface area contributed by atoms with Crippen LogP contribution >= 0.6 is 0 Å². The van der Waals surface area contributed by atoms with Gasteiger partial charge in [0.15, 0.2) is 0 Å². The first-order valence-corrected chi connectivity index (χ1v) is 8.60. The van der Waals surface area contributed by atoms with Crippen molar-refractivity contribution in [3.8, 4) is 0 Å². The van der Waals surface area contributed by atoms with Crippen molar-refractivity contribution in [1.82, 2.24) is 18.9 Å². The number of esters is 1. The number of benzene rings is 1. The Kier molecular flexibility index (Phi) is 4.44. The molecule has 140 valence electrons. The highest BCUT2D eigenvalue weighted by atomic mass is 16.5. The van der Waals surface area contributed by atoms with Crippen LogP contribution in [0.25, 0.3) is 16.6 Å².